The summed E-state index contributed by atoms with van der Waals surface area (Å²) >= 11 is 6.05. The van der Waals surface area contributed by atoms with Gasteiger partial charge in [-0.2, -0.15) is 0 Å². The number of allylic oxidation sites excluding steroid dienone is 3. The summed E-state index contributed by atoms with van der Waals surface area (Å²) in [6, 6.07) is 7.91. The SMILES string of the molecule is C=C(C1=CC(=[N+](OCC)N2CCOCC2)CC(C)(C)C1)c1ccc(Cl)cc1. The van der Waals surface area contributed by atoms with Crippen LogP contribution in [0.1, 0.15) is 39.2 Å². The van der Waals surface area contributed by atoms with Gasteiger partial charge in [0.15, 0.2) is 6.61 Å². The van der Waals surface area contributed by atoms with Crippen molar-refractivity contribution >= 4 is 22.9 Å². The fourth-order valence-corrected chi connectivity index (χ4v) is 3.85. The van der Waals surface area contributed by atoms with E-state index in [0.717, 1.165) is 55.3 Å². The second kappa shape index (κ2) is 8.49. The fraction of sp³-hybridized carbons (Fsp3) is 0.500. The number of ether oxygens (including phenoxy) is 1. The molecule has 1 aliphatic heterocycles. The number of morpholine rings is 1. The first-order chi connectivity index (χ1) is 12.9. The summed E-state index contributed by atoms with van der Waals surface area (Å²) in [4.78, 5) is 8.04. The van der Waals surface area contributed by atoms with Crippen molar-refractivity contribution in [3.05, 3.63) is 53.1 Å². The maximum absolute atomic E-state index is 6.05. The minimum absolute atomic E-state index is 0.135. The minimum Gasteiger partial charge on any atom is -0.377 e. The predicted octanol–water partition coefficient (Wildman–Crippen LogP) is 4.75. The van der Waals surface area contributed by atoms with Crippen LogP contribution in [0.5, 0.6) is 0 Å². The largest absolute Gasteiger partial charge is 0.377 e. The van der Waals surface area contributed by atoms with Crippen LogP contribution in [0.2, 0.25) is 5.02 Å². The molecule has 27 heavy (non-hydrogen) atoms. The molecule has 0 bridgehead atoms. The van der Waals surface area contributed by atoms with Crippen molar-refractivity contribution in [1.29, 1.82) is 0 Å². The predicted molar refractivity (Wildman–Crippen MR) is 111 cm³/mol. The van der Waals surface area contributed by atoms with Crippen molar-refractivity contribution in [2.75, 3.05) is 32.9 Å². The lowest BCUT2D eigenvalue weighted by molar-refractivity contribution is -0.897. The first-order valence-corrected chi connectivity index (χ1v) is 10.0. The zero-order valence-electron chi connectivity index (χ0n) is 16.6. The maximum atomic E-state index is 6.05. The van der Waals surface area contributed by atoms with Gasteiger partial charge in [-0.25, -0.2) is 4.84 Å². The van der Waals surface area contributed by atoms with Crippen LogP contribution >= 0.6 is 11.6 Å². The second-order valence-electron chi connectivity index (χ2n) is 7.92. The van der Waals surface area contributed by atoms with Crippen molar-refractivity contribution < 1.29 is 14.4 Å². The summed E-state index contributed by atoms with van der Waals surface area (Å²) in [5.41, 5.74) is 4.73. The highest BCUT2D eigenvalue weighted by molar-refractivity contribution is 6.30. The van der Waals surface area contributed by atoms with E-state index in [9.17, 15) is 0 Å². The van der Waals surface area contributed by atoms with Crippen LogP contribution in [0, 0.1) is 5.41 Å². The Balaban J connectivity index is 1.98. The van der Waals surface area contributed by atoms with E-state index in [4.69, 9.17) is 21.2 Å². The highest BCUT2D eigenvalue weighted by Gasteiger charge is 2.36. The van der Waals surface area contributed by atoms with Crippen molar-refractivity contribution in [3.63, 3.8) is 0 Å². The Labute approximate surface area is 167 Å². The van der Waals surface area contributed by atoms with Crippen LogP contribution in [0.25, 0.3) is 5.57 Å². The number of hydrazone groups is 1. The van der Waals surface area contributed by atoms with E-state index in [0.29, 0.717) is 6.61 Å². The van der Waals surface area contributed by atoms with Gasteiger partial charge in [0.05, 0.1) is 18.1 Å². The average Bonchev–Trinajstić information content (AvgIpc) is 2.65. The van der Waals surface area contributed by atoms with Gasteiger partial charge in [-0.15, -0.1) is 5.01 Å². The van der Waals surface area contributed by atoms with Crippen molar-refractivity contribution in [3.8, 4) is 0 Å². The van der Waals surface area contributed by atoms with Crippen molar-refractivity contribution in [1.82, 2.24) is 5.01 Å². The molecule has 1 saturated heterocycles. The van der Waals surface area contributed by atoms with Crippen LogP contribution in [-0.2, 0) is 9.57 Å². The molecule has 0 amide bonds. The Morgan fingerprint density at radius 1 is 1.22 bits per heavy atom. The molecule has 0 radical (unpaired) electrons. The van der Waals surface area contributed by atoms with E-state index in [1.165, 1.54) is 11.3 Å². The number of nitrogens with zero attached hydrogens (tertiary/aromatic N) is 2. The summed E-state index contributed by atoms with van der Waals surface area (Å²) in [6.07, 6.45) is 4.20. The molecule has 0 saturated carbocycles. The number of halogens is 1. The molecule has 3 rings (SSSR count). The zero-order chi connectivity index (χ0) is 19.4. The fourth-order valence-electron chi connectivity index (χ4n) is 3.73. The molecule has 0 spiro atoms. The highest BCUT2D eigenvalue weighted by atomic mass is 35.5. The number of benzene rings is 1. The Hall–Kier alpha value is -1.78. The molecular weight excluding hydrogens is 360 g/mol. The molecule has 2 aliphatic rings. The maximum Gasteiger partial charge on any atom is 0.264 e. The monoisotopic (exact) mass is 389 g/mol. The molecule has 0 aromatic heterocycles. The molecule has 1 aromatic carbocycles. The number of hydrogen-bond donors (Lipinski definition) is 0. The second-order valence-corrected chi connectivity index (χ2v) is 8.36. The normalized spacial score (nSPS) is 21.5. The molecule has 1 aromatic rings. The molecule has 0 unspecified atom stereocenters. The lowest BCUT2D eigenvalue weighted by Gasteiger charge is -2.31. The molecule has 1 heterocycles. The molecular formula is C22H30ClN2O2+. The molecule has 0 atom stereocenters. The van der Waals surface area contributed by atoms with E-state index in [-0.39, 0.29) is 5.41 Å². The van der Waals surface area contributed by atoms with Crippen LogP contribution in [-0.4, -0.2) is 48.5 Å². The van der Waals surface area contributed by atoms with E-state index >= 15 is 0 Å². The van der Waals surface area contributed by atoms with E-state index in [2.05, 4.69) is 31.5 Å². The number of hydrazine groups is 1. The molecule has 1 aliphatic carbocycles. The molecule has 0 N–H and O–H groups in total. The summed E-state index contributed by atoms with van der Waals surface area (Å²) in [6.45, 7) is 14.8. The standard InChI is InChI=1S/C22H30ClN2O2/c1-5-27-25(24-10-12-26-13-11-24)21-14-19(15-22(3,4)16-21)17(2)18-6-8-20(23)9-7-18/h6-9,14H,2,5,10-13,15-16H2,1,3-4H3/q+1. The van der Waals surface area contributed by atoms with Crippen molar-refractivity contribution in [2.24, 2.45) is 5.41 Å². The topological polar surface area (TPSA) is 24.7 Å². The Bertz CT molecular complexity index is 744. The van der Waals surface area contributed by atoms with Gasteiger partial charge in [0.25, 0.3) is 5.71 Å². The molecule has 4 nitrogen and oxygen atoms in total. The van der Waals surface area contributed by atoms with E-state index < -0.39 is 0 Å². The first kappa shape index (κ1) is 20.0. The highest BCUT2D eigenvalue weighted by Crippen LogP contribution is 2.39. The van der Waals surface area contributed by atoms with Crippen LogP contribution in [0.4, 0.5) is 0 Å². The lowest BCUT2D eigenvalue weighted by Crippen LogP contribution is -2.47. The van der Waals surface area contributed by atoms with Gasteiger partial charge < -0.3 is 4.74 Å². The van der Waals surface area contributed by atoms with Gasteiger partial charge >= 0.3 is 0 Å². The van der Waals surface area contributed by atoms with Gasteiger partial charge in [-0.3, -0.25) is 0 Å². The Kier molecular flexibility index (Phi) is 6.28. The molecule has 5 heteroatoms. The summed E-state index contributed by atoms with van der Waals surface area (Å²) < 4.78 is 5.51. The third-order valence-electron chi connectivity index (χ3n) is 4.99. The quantitative estimate of drug-likeness (QED) is 0.536. The van der Waals surface area contributed by atoms with Crippen LogP contribution in [0.3, 0.4) is 0 Å². The van der Waals surface area contributed by atoms with Gasteiger partial charge in [0.2, 0.25) is 0 Å². The van der Waals surface area contributed by atoms with Crippen LogP contribution in [0.15, 0.2) is 42.5 Å². The van der Waals surface area contributed by atoms with Crippen LogP contribution < -0.4 is 0 Å². The minimum atomic E-state index is 0.135. The van der Waals surface area contributed by atoms with Gasteiger partial charge in [0.1, 0.15) is 13.1 Å². The zero-order valence-corrected chi connectivity index (χ0v) is 17.4. The number of hydrogen-bond acceptors (Lipinski definition) is 3. The Morgan fingerprint density at radius 3 is 2.52 bits per heavy atom. The first-order valence-electron chi connectivity index (χ1n) is 9.67. The van der Waals surface area contributed by atoms with Crippen molar-refractivity contribution in [2.45, 2.75) is 33.6 Å². The average molecular weight is 390 g/mol. The van der Waals surface area contributed by atoms with E-state index in [1.54, 1.807) is 0 Å². The lowest BCUT2D eigenvalue weighted by atomic mass is 9.74. The van der Waals surface area contributed by atoms with Gasteiger partial charge in [-0.1, -0.05) is 44.2 Å². The smallest absolute Gasteiger partial charge is 0.264 e. The third-order valence-corrected chi connectivity index (χ3v) is 5.24. The summed E-state index contributed by atoms with van der Waals surface area (Å²) in [7, 11) is 0. The van der Waals surface area contributed by atoms with E-state index in [1.807, 2.05) is 36.0 Å². The number of rotatable bonds is 5. The molecule has 1 fully saturated rings. The molecule has 146 valence electrons. The third kappa shape index (κ3) is 4.94. The summed E-state index contributed by atoms with van der Waals surface area (Å²) in [5, 5.41) is 2.98. The van der Waals surface area contributed by atoms with Gasteiger partial charge in [0, 0.05) is 17.5 Å². The summed E-state index contributed by atoms with van der Waals surface area (Å²) in [5.74, 6) is 0. The van der Waals surface area contributed by atoms with Gasteiger partial charge in [-0.05, 0) is 47.6 Å². The Morgan fingerprint density at radius 2 is 1.89 bits per heavy atom.